The lowest BCUT2D eigenvalue weighted by molar-refractivity contribution is -0.121. The molecular weight excluding hydrogens is 334 g/mol. The number of hydrogen-bond acceptors (Lipinski definition) is 2. The number of amides is 1. The molecule has 0 spiro atoms. The molecule has 1 amide bonds. The molecule has 0 aliphatic rings. The summed E-state index contributed by atoms with van der Waals surface area (Å²) in [6.07, 6.45) is 6.46. The van der Waals surface area contributed by atoms with Gasteiger partial charge in [-0.1, -0.05) is 41.9 Å². The van der Waals surface area contributed by atoms with Gasteiger partial charge >= 0.3 is 0 Å². The summed E-state index contributed by atoms with van der Waals surface area (Å²) in [5.41, 5.74) is 3.10. The molecule has 1 atom stereocenters. The van der Waals surface area contributed by atoms with Gasteiger partial charge in [0.1, 0.15) is 0 Å². The Labute approximate surface area is 152 Å². The van der Waals surface area contributed by atoms with Gasteiger partial charge in [0, 0.05) is 29.5 Å². The van der Waals surface area contributed by atoms with Gasteiger partial charge in [-0.25, -0.2) is 4.98 Å². The van der Waals surface area contributed by atoms with E-state index in [0.29, 0.717) is 17.9 Å². The van der Waals surface area contributed by atoms with E-state index in [0.717, 1.165) is 16.8 Å². The van der Waals surface area contributed by atoms with Crippen molar-refractivity contribution in [3.63, 3.8) is 0 Å². The number of aryl methyl sites for hydroxylation is 1. The van der Waals surface area contributed by atoms with E-state index in [1.165, 1.54) is 0 Å². The predicted octanol–water partition coefficient (Wildman–Crippen LogP) is 4.34. The highest BCUT2D eigenvalue weighted by atomic mass is 35.5. The first-order valence-electron chi connectivity index (χ1n) is 8.24. The first-order valence-corrected chi connectivity index (χ1v) is 8.62. The van der Waals surface area contributed by atoms with E-state index >= 15 is 0 Å². The first kappa shape index (κ1) is 17.2. The number of rotatable bonds is 6. The Morgan fingerprint density at radius 3 is 2.64 bits per heavy atom. The molecule has 0 fully saturated rings. The number of carbonyl (C=O) groups is 1. The second-order valence-electron chi connectivity index (χ2n) is 5.94. The quantitative estimate of drug-likeness (QED) is 0.716. The third kappa shape index (κ3) is 4.48. The van der Waals surface area contributed by atoms with E-state index in [1.807, 2.05) is 66.2 Å². The largest absolute Gasteiger partial charge is 0.350 e. The Bertz CT molecular complexity index is 828. The van der Waals surface area contributed by atoms with Crippen LogP contribution in [0.5, 0.6) is 0 Å². The molecule has 0 aliphatic carbocycles. The molecule has 1 heterocycles. The maximum absolute atomic E-state index is 12.2. The van der Waals surface area contributed by atoms with Crippen LogP contribution in [0.4, 0.5) is 0 Å². The Balaban J connectivity index is 1.55. The lowest BCUT2D eigenvalue weighted by Gasteiger charge is -2.15. The van der Waals surface area contributed by atoms with Crippen molar-refractivity contribution in [2.24, 2.45) is 0 Å². The zero-order valence-electron chi connectivity index (χ0n) is 14.0. The number of hydrogen-bond donors (Lipinski definition) is 1. The topological polar surface area (TPSA) is 46.9 Å². The lowest BCUT2D eigenvalue weighted by Crippen LogP contribution is -2.26. The van der Waals surface area contributed by atoms with Gasteiger partial charge in [0.15, 0.2) is 0 Å². The van der Waals surface area contributed by atoms with Crippen LogP contribution >= 0.6 is 11.6 Å². The van der Waals surface area contributed by atoms with E-state index in [9.17, 15) is 4.79 Å². The van der Waals surface area contributed by atoms with Gasteiger partial charge in [0.25, 0.3) is 0 Å². The zero-order valence-corrected chi connectivity index (χ0v) is 14.8. The number of nitrogens with zero attached hydrogens (tertiary/aromatic N) is 2. The van der Waals surface area contributed by atoms with Crippen LogP contribution in [0.3, 0.4) is 0 Å². The number of imidazole rings is 1. The van der Waals surface area contributed by atoms with Crippen molar-refractivity contribution in [2.75, 3.05) is 0 Å². The highest BCUT2D eigenvalue weighted by Gasteiger charge is 2.10. The average Bonchev–Trinajstić information content (AvgIpc) is 3.16. The molecule has 1 N–H and O–H groups in total. The standard InChI is InChI=1S/C20H20ClN3O/c1-15(16-6-9-18(10-7-16)24-13-12-22-14-24)23-20(25)11-8-17-4-2-3-5-19(17)21/h2-7,9-10,12-15H,8,11H2,1H3,(H,23,25). The van der Waals surface area contributed by atoms with Crippen LogP contribution in [0.25, 0.3) is 5.69 Å². The third-order valence-electron chi connectivity index (χ3n) is 4.15. The number of nitrogens with one attached hydrogen (secondary N) is 1. The molecule has 2 aromatic carbocycles. The molecule has 0 radical (unpaired) electrons. The number of benzene rings is 2. The molecule has 128 valence electrons. The molecule has 0 saturated carbocycles. The molecule has 1 aromatic heterocycles. The second-order valence-corrected chi connectivity index (χ2v) is 6.35. The summed E-state index contributed by atoms with van der Waals surface area (Å²) in [5, 5.41) is 3.75. The zero-order chi connectivity index (χ0) is 17.6. The molecule has 3 aromatic rings. The maximum Gasteiger partial charge on any atom is 0.220 e. The second kappa shape index (κ2) is 7.99. The molecule has 0 bridgehead atoms. The molecule has 0 saturated heterocycles. The number of carbonyl (C=O) groups excluding carboxylic acids is 1. The predicted molar refractivity (Wildman–Crippen MR) is 99.9 cm³/mol. The maximum atomic E-state index is 12.2. The van der Waals surface area contributed by atoms with E-state index in [-0.39, 0.29) is 11.9 Å². The molecule has 1 unspecified atom stereocenters. The summed E-state index contributed by atoms with van der Waals surface area (Å²) in [5.74, 6) is 0.0195. The van der Waals surface area contributed by atoms with Crippen molar-refractivity contribution in [3.05, 3.63) is 83.4 Å². The van der Waals surface area contributed by atoms with E-state index in [2.05, 4.69) is 10.3 Å². The summed E-state index contributed by atoms with van der Waals surface area (Å²) >= 11 is 6.13. The van der Waals surface area contributed by atoms with E-state index in [4.69, 9.17) is 11.6 Å². The highest BCUT2D eigenvalue weighted by molar-refractivity contribution is 6.31. The molecule has 3 rings (SSSR count). The molecule has 25 heavy (non-hydrogen) atoms. The van der Waals surface area contributed by atoms with Crippen molar-refractivity contribution < 1.29 is 4.79 Å². The van der Waals surface area contributed by atoms with Crippen LogP contribution in [-0.2, 0) is 11.2 Å². The number of halogens is 1. The number of aromatic nitrogens is 2. The Hall–Kier alpha value is -2.59. The SMILES string of the molecule is CC(NC(=O)CCc1ccccc1Cl)c1ccc(-n2ccnc2)cc1. The summed E-state index contributed by atoms with van der Waals surface area (Å²) in [6.45, 7) is 1.99. The fraction of sp³-hybridized carbons (Fsp3) is 0.200. The van der Waals surface area contributed by atoms with E-state index < -0.39 is 0 Å². The molecule has 0 aliphatic heterocycles. The Morgan fingerprint density at radius 1 is 1.20 bits per heavy atom. The molecule has 4 nitrogen and oxygen atoms in total. The molecule has 5 heteroatoms. The van der Waals surface area contributed by atoms with Crippen LogP contribution in [0.15, 0.2) is 67.3 Å². The Kier molecular flexibility index (Phi) is 5.51. The van der Waals surface area contributed by atoms with Gasteiger partial charge in [-0.15, -0.1) is 0 Å². The fourth-order valence-corrected chi connectivity index (χ4v) is 2.92. The summed E-state index contributed by atoms with van der Waals surface area (Å²) in [6, 6.07) is 15.7. The van der Waals surface area contributed by atoms with Crippen LogP contribution < -0.4 is 5.32 Å². The van der Waals surface area contributed by atoms with Crippen molar-refractivity contribution >= 4 is 17.5 Å². The monoisotopic (exact) mass is 353 g/mol. The Morgan fingerprint density at radius 2 is 1.96 bits per heavy atom. The van der Waals surface area contributed by atoms with Gasteiger partial charge in [-0.05, 0) is 42.7 Å². The smallest absolute Gasteiger partial charge is 0.220 e. The highest BCUT2D eigenvalue weighted by Crippen LogP contribution is 2.18. The summed E-state index contributed by atoms with van der Waals surface area (Å²) in [4.78, 5) is 16.2. The minimum atomic E-state index is -0.0458. The van der Waals surface area contributed by atoms with Crippen LogP contribution in [0, 0.1) is 0 Å². The lowest BCUT2D eigenvalue weighted by atomic mass is 10.1. The third-order valence-corrected chi connectivity index (χ3v) is 4.52. The van der Waals surface area contributed by atoms with Crippen molar-refractivity contribution in [1.82, 2.24) is 14.9 Å². The molecular formula is C20H20ClN3O. The van der Waals surface area contributed by atoms with Crippen LogP contribution in [0.2, 0.25) is 5.02 Å². The summed E-state index contributed by atoms with van der Waals surface area (Å²) in [7, 11) is 0. The van der Waals surface area contributed by atoms with Crippen LogP contribution in [-0.4, -0.2) is 15.5 Å². The fourth-order valence-electron chi connectivity index (χ4n) is 2.69. The normalized spacial score (nSPS) is 11.9. The summed E-state index contributed by atoms with van der Waals surface area (Å²) < 4.78 is 1.94. The minimum Gasteiger partial charge on any atom is -0.350 e. The van der Waals surface area contributed by atoms with Gasteiger partial charge < -0.3 is 9.88 Å². The van der Waals surface area contributed by atoms with Gasteiger partial charge in [-0.2, -0.15) is 0 Å². The van der Waals surface area contributed by atoms with Gasteiger partial charge in [-0.3, -0.25) is 4.79 Å². The minimum absolute atomic E-state index is 0.0195. The first-order chi connectivity index (χ1) is 12.1. The van der Waals surface area contributed by atoms with Crippen molar-refractivity contribution in [3.8, 4) is 5.69 Å². The van der Waals surface area contributed by atoms with Gasteiger partial charge in [0.05, 0.1) is 12.4 Å². The van der Waals surface area contributed by atoms with Gasteiger partial charge in [0.2, 0.25) is 5.91 Å². The van der Waals surface area contributed by atoms with E-state index in [1.54, 1.807) is 12.5 Å². The average molecular weight is 354 g/mol. The van der Waals surface area contributed by atoms with Crippen LogP contribution in [0.1, 0.15) is 30.5 Å². The van der Waals surface area contributed by atoms with Crippen molar-refractivity contribution in [1.29, 1.82) is 0 Å². The van der Waals surface area contributed by atoms with Crippen molar-refractivity contribution in [2.45, 2.75) is 25.8 Å².